The number of nitrogens with one attached hydrogen (secondary N) is 1. The van der Waals surface area contributed by atoms with E-state index in [2.05, 4.69) is 5.32 Å². The molecule has 0 aliphatic heterocycles. The Labute approximate surface area is 199 Å². The van der Waals surface area contributed by atoms with Crippen LogP contribution in [0, 0.1) is 0 Å². The number of benzene rings is 3. The van der Waals surface area contributed by atoms with E-state index in [0.29, 0.717) is 28.7 Å². The summed E-state index contributed by atoms with van der Waals surface area (Å²) in [7, 11) is 3.10. The minimum absolute atomic E-state index is 0.0754. The van der Waals surface area contributed by atoms with Crippen molar-refractivity contribution in [1.29, 1.82) is 0 Å². The molecule has 0 heterocycles. The van der Waals surface area contributed by atoms with Gasteiger partial charge in [0.25, 0.3) is 5.91 Å². The van der Waals surface area contributed by atoms with Crippen molar-refractivity contribution in [1.82, 2.24) is 4.90 Å². The number of para-hydroxylation sites is 1. The molecule has 6 nitrogen and oxygen atoms in total. The molecule has 0 unspecified atom stereocenters. The molecule has 0 aliphatic rings. The number of carbonyl (C=O) groups excluding carboxylic acids is 2. The van der Waals surface area contributed by atoms with E-state index in [-0.39, 0.29) is 18.4 Å². The Morgan fingerprint density at radius 2 is 1.73 bits per heavy atom. The molecule has 1 N–H and O–H groups in total. The highest BCUT2D eigenvalue weighted by molar-refractivity contribution is 6.30. The average molecular weight is 467 g/mol. The molecule has 33 heavy (non-hydrogen) atoms. The van der Waals surface area contributed by atoms with E-state index in [1.165, 1.54) is 12.0 Å². The van der Waals surface area contributed by atoms with Crippen LogP contribution in [0.4, 0.5) is 5.69 Å². The maximum atomic E-state index is 12.9. The summed E-state index contributed by atoms with van der Waals surface area (Å²) >= 11 is 5.91. The van der Waals surface area contributed by atoms with Gasteiger partial charge in [-0.15, -0.1) is 0 Å². The average Bonchev–Trinajstić information content (AvgIpc) is 2.83. The van der Waals surface area contributed by atoms with Crippen molar-refractivity contribution in [3.63, 3.8) is 0 Å². The number of nitrogens with zero attached hydrogens (tertiary/aromatic N) is 1. The number of anilines is 1. The first-order valence-electron chi connectivity index (χ1n) is 10.6. The largest absolute Gasteiger partial charge is 0.493 e. The van der Waals surface area contributed by atoms with Crippen LogP contribution in [0.2, 0.25) is 5.02 Å². The van der Waals surface area contributed by atoms with Crippen LogP contribution in [-0.2, 0) is 17.8 Å². The monoisotopic (exact) mass is 466 g/mol. The summed E-state index contributed by atoms with van der Waals surface area (Å²) < 4.78 is 11.3. The summed E-state index contributed by atoms with van der Waals surface area (Å²) in [6, 6.07) is 19.9. The maximum absolute atomic E-state index is 12.9. The van der Waals surface area contributed by atoms with Crippen molar-refractivity contribution in [2.45, 2.75) is 20.0 Å². The number of aryl methyl sites for hydroxylation is 1. The van der Waals surface area contributed by atoms with E-state index in [9.17, 15) is 9.59 Å². The molecule has 7 heteroatoms. The summed E-state index contributed by atoms with van der Waals surface area (Å²) in [5.74, 6) is 0.392. The van der Waals surface area contributed by atoms with E-state index in [4.69, 9.17) is 21.1 Å². The highest BCUT2D eigenvalue weighted by atomic mass is 35.5. The second kappa shape index (κ2) is 11.4. The second-order valence-corrected chi connectivity index (χ2v) is 7.94. The lowest BCUT2D eigenvalue weighted by Crippen LogP contribution is -2.35. The third kappa shape index (κ3) is 6.49. The molecule has 0 fully saturated rings. The zero-order valence-electron chi connectivity index (χ0n) is 18.9. The van der Waals surface area contributed by atoms with Crippen LogP contribution in [-0.4, -0.2) is 37.4 Å². The first-order chi connectivity index (χ1) is 15.9. The zero-order valence-corrected chi connectivity index (χ0v) is 19.7. The van der Waals surface area contributed by atoms with Gasteiger partial charge in [0.15, 0.2) is 11.5 Å². The number of hydrogen-bond acceptors (Lipinski definition) is 4. The van der Waals surface area contributed by atoms with Crippen molar-refractivity contribution < 1.29 is 19.1 Å². The molecule has 3 aromatic carbocycles. The Bertz CT molecular complexity index is 1120. The summed E-state index contributed by atoms with van der Waals surface area (Å²) in [6.07, 6.45) is 0.803. The Morgan fingerprint density at radius 1 is 1.00 bits per heavy atom. The molecule has 0 bridgehead atoms. The van der Waals surface area contributed by atoms with E-state index in [0.717, 1.165) is 23.2 Å². The topological polar surface area (TPSA) is 67.9 Å². The molecule has 0 spiro atoms. The highest BCUT2D eigenvalue weighted by Crippen LogP contribution is 2.29. The van der Waals surface area contributed by atoms with Gasteiger partial charge < -0.3 is 19.7 Å². The number of hydrogen-bond donors (Lipinski definition) is 1. The van der Waals surface area contributed by atoms with Crippen molar-refractivity contribution in [2.75, 3.05) is 26.0 Å². The molecule has 0 aromatic heterocycles. The van der Waals surface area contributed by atoms with E-state index in [1.54, 1.807) is 37.4 Å². The molecule has 2 amide bonds. The van der Waals surface area contributed by atoms with Crippen LogP contribution in [0.25, 0.3) is 0 Å². The number of rotatable bonds is 9. The molecule has 172 valence electrons. The predicted octanol–water partition coefficient (Wildman–Crippen LogP) is 5.20. The van der Waals surface area contributed by atoms with Crippen LogP contribution >= 0.6 is 11.6 Å². The van der Waals surface area contributed by atoms with Crippen molar-refractivity contribution in [3.05, 3.63) is 88.4 Å². The van der Waals surface area contributed by atoms with Gasteiger partial charge in [0, 0.05) is 23.3 Å². The Hall–Kier alpha value is -3.51. The fraction of sp³-hybridized carbons (Fsp3) is 0.231. The third-order valence-electron chi connectivity index (χ3n) is 5.12. The van der Waals surface area contributed by atoms with Gasteiger partial charge in [-0.1, -0.05) is 48.9 Å². The summed E-state index contributed by atoms with van der Waals surface area (Å²) in [4.78, 5) is 26.7. The fourth-order valence-corrected chi connectivity index (χ4v) is 3.44. The number of carbonyl (C=O) groups is 2. The van der Waals surface area contributed by atoms with Crippen molar-refractivity contribution >= 4 is 29.1 Å². The van der Waals surface area contributed by atoms with Gasteiger partial charge in [0.2, 0.25) is 5.91 Å². The van der Waals surface area contributed by atoms with Crippen molar-refractivity contribution in [2.24, 2.45) is 0 Å². The predicted molar refractivity (Wildman–Crippen MR) is 130 cm³/mol. The molecule has 3 aromatic rings. The molecule has 0 saturated carbocycles. The molecule has 0 aliphatic carbocycles. The SMILES string of the molecule is CCc1ccccc1NC(=O)CN(C)C(=O)c1ccc(OCc2ccc(Cl)cc2)c(OC)c1. The van der Waals surface area contributed by atoms with Crippen LogP contribution in [0.1, 0.15) is 28.4 Å². The van der Waals surface area contributed by atoms with Gasteiger partial charge in [0.05, 0.1) is 13.7 Å². The lowest BCUT2D eigenvalue weighted by atomic mass is 10.1. The van der Waals surface area contributed by atoms with Crippen LogP contribution < -0.4 is 14.8 Å². The number of likely N-dealkylation sites (N-methyl/N-ethyl adjacent to an activating group) is 1. The van der Waals surface area contributed by atoms with E-state index < -0.39 is 0 Å². The fourth-order valence-electron chi connectivity index (χ4n) is 3.31. The van der Waals surface area contributed by atoms with Crippen LogP contribution in [0.3, 0.4) is 0 Å². The summed E-state index contributed by atoms with van der Waals surface area (Å²) in [5.41, 5.74) is 3.15. The van der Waals surface area contributed by atoms with Gasteiger partial charge in [-0.3, -0.25) is 9.59 Å². The quantitative estimate of drug-likeness (QED) is 0.470. The van der Waals surface area contributed by atoms with Gasteiger partial charge in [-0.05, 0) is 53.9 Å². The Morgan fingerprint density at radius 3 is 2.42 bits per heavy atom. The maximum Gasteiger partial charge on any atom is 0.254 e. The number of halogens is 1. The Balaban J connectivity index is 1.63. The lowest BCUT2D eigenvalue weighted by Gasteiger charge is -2.19. The lowest BCUT2D eigenvalue weighted by molar-refractivity contribution is -0.116. The molecule has 0 atom stereocenters. The molecule has 0 radical (unpaired) electrons. The van der Waals surface area contributed by atoms with Crippen LogP contribution in [0.15, 0.2) is 66.7 Å². The first kappa shape index (κ1) is 24.1. The van der Waals surface area contributed by atoms with Gasteiger partial charge in [0.1, 0.15) is 6.61 Å². The zero-order chi connectivity index (χ0) is 23.8. The van der Waals surface area contributed by atoms with E-state index in [1.807, 2.05) is 43.3 Å². The molecule has 3 rings (SSSR count). The number of ether oxygens (including phenoxy) is 2. The first-order valence-corrected chi connectivity index (χ1v) is 11.0. The smallest absolute Gasteiger partial charge is 0.254 e. The van der Waals surface area contributed by atoms with E-state index >= 15 is 0 Å². The number of methoxy groups -OCH3 is 1. The molecule has 0 saturated heterocycles. The standard InChI is InChI=1S/C26H27ClN2O4/c1-4-19-7-5-6-8-22(19)28-25(30)16-29(2)26(31)20-11-14-23(24(15-20)32-3)33-17-18-9-12-21(27)13-10-18/h5-15H,4,16-17H2,1-3H3,(H,28,30). The summed E-state index contributed by atoms with van der Waals surface area (Å²) in [6.45, 7) is 2.28. The minimum Gasteiger partial charge on any atom is -0.493 e. The number of amides is 2. The normalized spacial score (nSPS) is 10.4. The van der Waals surface area contributed by atoms with Crippen LogP contribution in [0.5, 0.6) is 11.5 Å². The second-order valence-electron chi connectivity index (χ2n) is 7.50. The van der Waals surface area contributed by atoms with Gasteiger partial charge in [-0.2, -0.15) is 0 Å². The third-order valence-corrected chi connectivity index (χ3v) is 5.37. The van der Waals surface area contributed by atoms with Gasteiger partial charge in [-0.25, -0.2) is 0 Å². The van der Waals surface area contributed by atoms with Gasteiger partial charge >= 0.3 is 0 Å². The highest BCUT2D eigenvalue weighted by Gasteiger charge is 2.18. The van der Waals surface area contributed by atoms with Crippen molar-refractivity contribution in [3.8, 4) is 11.5 Å². The molecular formula is C26H27ClN2O4. The minimum atomic E-state index is -0.295. The Kier molecular flexibility index (Phi) is 8.33. The summed E-state index contributed by atoms with van der Waals surface area (Å²) in [5, 5.41) is 3.54. The molecular weight excluding hydrogens is 440 g/mol.